The van der Waals surface area contributed by atoms with Crippen LogP contribution in [0.25, 0.3) is 0 Å². The highest BCUT2D eigenvalue weighted by molar-refractivity contribution is 5.72. The van der Waals surface area contributed by atoms with Crippen LogP contribution in [0.2, 0.25) is 0 Å². The normalized spacial score (nSPS) is 18.3. The number of hydrogen-bond donors (Lipinski definition) is 1. The van der Waals surface area contributed by atoms with Gasteiger partial charge in [-0.3, -0.25) is 4.79 Å². The molecule has 0 aliphatic heterocycles. The Morgan fingerprint density at radius 2 is 1.88 bits per heavy atom. The minimum atomic E-state index is -1.20. The first-order chi connectivity index (χ1) is 7.68. The summed E-state index contributed by atoms with van der Waals surface area (Å²) < 4.78 is 5.12. The number of ether oxygens (including phenoxy) is 1. The smallest absolute Gasteiger partial charge is 0.312 e. The predicted octanol–water partition coefficient (Wildman–Crippen LogP) is 2.03. The van der Waals surface area contributed by atoms with E-state index in [1.165, 1.54) is 0 Å². The fourth-order valence-corrected chi connectivity index (χ4v) is 2.04. The van der Waals surface area contributed by atoms with E-state index >= 15 is 0 Å². The van der Waals surface area contributed by atoms with E-state index in [4.69, 9.17) is 4.74 Å². The van der Waals surface area contributed by atoms with E-state index in [-0.39, 0.29) is 12.4 Å². The van der Waals surface area contributed by atoms with E-state index in [2.05, 4.69) is 0 Å². The molecule has 0 spiro atoms. The van der Waals surface area contributed by atoms with Crippen molar-refractivity contribution in [3.63, 3.8) is 0 Å². The maximum absolute atomic E-state index is 11.6. The van der Waals surface area contributed by atoms with Crippen molar-refractivity contribution in [2.45, 2.75) is 37.9 Å². The van der Waals surface area contributed by atoms with Crippen LogP contribution in [-0.2, 0) is 16.0 Å². The predicted molar refractivity (Wildman–Crippen MR) is 59.7 cm³/mol. The molecular weight excluding hydrogens is 204 g/mol. The van der Waals surface area contributed by atoms with Gasteiger partial charge in [-0.15, -0.1) is 0 Å². The zero-order valence-corrected chi connectivity index (χ0v) is 9.19. The van der Waals surface area contributed by atoms with E-state index in [0.29, 0.717) is 12.8 Å². The summed E-state index contributed by atoms with van der Waals surface area (Å²) in [6.07, 6.45) is 3.20. The second-order valence-corrected chi connectivity index (χ2v) is 4.29. The number of carbonyl (C=O) groups is 1. The molecule has 0 amide bonds. The molecular formula is C13H16O3. The third kappa shape index (κ3) is 2.83. The summed E-state index contributed by atoms with van der Waals surface area (Å²) in [5, 5.41) is 9.90. The van der Waals surface area contributed by atoms with Gasteiger partial charge in [0.2, 0.25) is 5.79 Å². The van der Waals surface area contributed by atoms with Crippen LogP contribution >= 0.6 is 0 Å². The molecule has 0 unspecified atom stereocenters. The fraction of sp³-hybridized carbons (Fsp3) is 0.462. The zero-order chi connectivity index (χ0) is 11.4. The first-order valence-corrected chi connectivity index (χ1v) is 5.66. The highest BCUT2D eigenvalue weighted by Crippen LogP contribution is 2.30. The summed E-state index contributed by atoms with van der Waals surface area (Å²) >= 11 is 0. The van der Waals surface area contributed by atoms with Crippen LogP contribution in [0, 0.1) is 0 Å². The Morgan fingerprint density at radius 3 is 2.50 bits per heavy atom. The number of hydrogen-bond acceptors (Lipinski definition) is 3. The number of benzene rings is 1. The third-order valence-electron chi connectivity index (χ3n) is 2.88. The summed E-state index contributed by atoms with van der Waals surface area (Å²) in [6.45, 7) is 0. The molecule has 3 nitrogen and oxygen atoms in total. The molecule has 0 radical (unpaired) electrons. The zero-order valence-electron chi connectivity index (χ0n) is 9.19. The SMILES string of the molecule is O=C(Cc1ccccc1)OC1(O)CCCC1. The number of rotatable bonds is 3. The van der Waals surface area contributed by atoms with Gasteiger partial charge in [0.25, 0.3) is 0 Å². The van der Waals surface area contributed by atoms with Gasteiger partial charge < -0.3 is 9.84 Å². The highest BCUT2D eigenvalue weighted by Gasteiger charge is 2.34. The molecule has 1 aliphatic carbocycles. The highest BCUT2D eigenvalue weighted by atomic mass is 16.7. The lowest BCUT2D eigenvalue weighted by molar-refractivity contribution is -0.205. The van der Waals surface area contributed by atoms with Gasteiger partial charge in [-0.1, -0.05) is 30.3 Å². The Balaban J connectivity index is 1.89. The molecule has 16 heavy (non-hydrogen) atoms. The van der Waals surface area contributed by atoms with Crippen LogP contribution in [0.3, 0.4) is 0 Å². The molecule has 0 aromatic heterocycles. The molecule has 1 aromatic rings. The third-order valence-corrected chi connectivity index (χ3v) is 2.88. The van der Waals surface area contributed by atoms with Gasteiger partial charge in [0.05, 0.1) is 6.42 Å². The van der Waals surface area contributed by atoms with Crippen LogP contribution in [0.5, 0.6) is 0 Å². The van der Waals surface area contributed by atoms with Gasteiger partial charge in [-0.2, -0.15) is 0 Å². The van der Waals surface area contributed by atoms with E-state index in [1.54, 1.807) is 0 Å². The lowest BCUT2D eigenvalue weighted by Crippen LogP contribution is -2.32. The lowest BCUT2D eigenvalue weighted by atomic mass is 10.1. The van der Waals surface area contributed by atoms with Crippen molar-refractivity contribution in [2.24, 2.45) is 0 Å². The summed E-state index contributed by atoms with van der Waals surface area (Å²) in [6, 6.07) is 9.42. The summed E-state index contributed by atoms with van der Waals surface area (Å²) in [4.78, 5) is 11.6. The van der Waals surface area contributed by atoms with Crippen LogP contribution < -0.4 is 0 Å². The van der Waals surface area contributed by atoms with Gasteiger partial charge in [0.1, 0.15) is 0 Å². The molecule has 1 saturated carbocycles. The van der Waals surface area contributed by atoms with Crippen LogP contribution in [0.1, 0.15) is 31.2 Å². The van der Waals surface area contributed by atoms with Crippen molar-refractivity contribution >= 4 is 5.97 Å². The van der Waals surface area contributed by atoms with Gasteiger partial charge >= 0.3 is 5.97 Å². The second-order valence-electron chi connectivity index (χ2n) is 4.29. The van der Waals surface area contributed by atoms with E-state index < -0.39 is 5.79 Å². The summed E-state index contributed by atoms with van der Waals surface area (Å²) in [5.74, 6) is -1.55. The first kappa shape index (κ1) is 11.1. The average Bonchev–Trinajstić information content (AvgIpc) is 2.66. The Kier molecular flexibility index (Phi) is 3.25. The molecule has 0 atom stereocenters. The lowest BCUT2D eigenvalue weighted by Gasteiger charge is -2.22. The quantitative estimate of drug-likeness (QED) is 0.626. The minimum Gasteiger partial charge on any atom is -0.433 e. The monoisotopic (exact) mass is 220 g/mol. The van der Waals surface area contributed by atoms with Crippen LogP contribution in [-0.4, -0.2) is 16.9 Å². The Labute approximate surface area is 95.0 Å². The molecule has 3 heteroatoms. The molecule has 1 aromatic carbocycles. The maximum Gasteiger partial charge on any atom is 0.312 e. The second kappa shape index (κ2) is 4.66. The van der Waals surface area contributed by atoms with Crippen molar-refractivity contribution in [3.8, 4) is 0 Å². The summed E-state index contributed by atoms with van der Waals surface area (Å²) in [7, 11) is 0. The number of esters is 1. The largest absolute Gasteiger partial charge is 0.433 e. The average molecular weight is 220 g/mol. The molecule has 1 fully saturated rings. The van der Waals surface area contributed by atoms with Gasteiger partial charge in [0.15, 0.2) is 0 Å². The van der Waals surface area contributed by atoms with Crippen molar-refractivity contribution in [2.75, 3.05) is 0 Å². The molecule has 0 bridgehead atoms. The molecule has 0 heterocycles. The maximum atomic E-state index is 11.6. The standard InChI is InChI=1S/C13H16O3/c14-12(10-11-6-2-1-3-7-11)16-13(15)8-4-5-9-13/h1-3,6-7,15H,4-5,8-10H2. The Hall–Kier alpha value is -1.35. The number of carbonyl (C=O) groups excluding carboxylic acids is 1. The van der Waals surface area contributed by atoms with Crippen LogP contribution in [0.4, 0.5) is 0 Å². The van der Waals surface area contributed by atoms with Crippen LogP contribution in [0.15, 0.2) is 30.3 Å². The minimum absolute atomic E-state index is 0.225. The van der Waals surface area contributed by atoms with E-state index in [1.807, 2.05) is 30.3 Å². The molecule has 86 valence electrons. The van der Waals surface area contributed by atoms with E-state index in [9.17, 15) is 9.90 Å². The summed E-state index contributed by atoms with van der Waals surface area (Å²) in [5.41, 5.74) is 0.911. The first-order valence-electron chi connectivity index (χ1n) is 5.66. The van der Waals surface area contributed by atoms with Gasteiger partial charge in [-0.25, -0.2) is 0 Å². The topological polar surface area (TPSA) is 46.5 Å². The number of aliphatic hydroxyl groups is 1. The molecule has 1 N–H and O–H groups in total. The van der Waals surface area contributed by atoms with Crippen molar-refractivity contribution in [1.29, 1.82) is 0 Å². The molecule has 1 aliphatic rings. The molecule has 2 rings (SSSR count). The Bertz CT molecular complexity index is 353. The van der Waals surface area contributed by atoms with Crippen molar-refractivity contribution in [3.05, 3.63) is 35.9 Å². The van der Waals surface area contributed by atoms with Crippen molar-refractivity contribution < 1.29 is 14.6 Å². The molecule has 0 saturated heterocycles. The Morgan fingerprint density at radius 1 is 1.25 bits per heavy atom. The fourth-order valence-electron chi connectivity index (χ4n) is 2.04. The van der Waals surface area contributed by atoms with Gasteiger partial charge in [-0.05, 0) is 18.4 Å². The van der Waals surface area contributed by atoms with E-state index in [0.717, 1.165) is 18.4 Å². The van der Waals surface area contributed by atoms with Gasteiger partial charge in [0, 0.05) is 12.8 Å². The van der Waals surface area contributed by atoms with Crippen molar-refractivity contribution in [1.82, 2.24) is 0 Å².